The molecule has 0 aromatic heterocycles. The van der Waals surface area contributed by atoms with Crippen molar-refractivity contribution in [3.63, 3.8) is 0 Å². The Balaban J connectivity index is 2.02. The van der Waals surface area contributed by atoms with Gasteiger partial charge in [0.05, 0.1) is 0 Å². The van der Waals surface area contributed by atoms with Gasteiger partial charge in [0.25, 0.3) is 0 Å². The second-order valence-electron chi connectivity index (χ2n) is 7.33. The minimum absolute atomic E-state index is 0.321. The van der Waals surface area contributed by atoms with Crippen LogP contribution in [0.4, 0.5) is 0 Å². The highest BCUT2D eigenvalue weighted by Crippen LogP contribution is 2.74. The lowest BCUT2D eigenvalue weighted by atomic mass is 9.55. The summed E-state index contributed by atoms with van der Waals surface area (Å²) < 4.78 is 0. The highest BCUT2D eigenvalue weighted by Gasteiger charge is 2.71. The van der Waals surface area contributed by atoms with Crippen LogP contribution >= 0.6 is 0 Å². The SMILES string of the molecule is C[C@@H]1CCC[C@@H]2C(=O)C[C@@H]3[C@@H](C3(C)C)[C@@]12C. The molecule has 1 heteroatoms. The average molecular weight is 220 g/mol. The van der Waals surface area contributed by atoms with E-state index in [1.807, 2.05) is 0 Å². The average Bonchev–Trinajstić information content (AvgIpc) is 2.73. The smallest absolute Gasteiger partial charge is 0.136 e. The molecule has 0 spiro atoms. The Kier molecular flexibility index (Phi) is 1.97. The predicted octanol–water partition coefficient (Wildman–Crippen LogP) is 3.67. The number of fused-ring (bicyclic) bond motifs is 3. The van der Waals surface area contributed by atoms with Gasteiger partial charge in [-0.05, 0) is 35.0 Å². The van der Waals surface area contributed by atoms with Gasteiger partial charge in [0.1, 0.15) is 5.78 Å². The fourth-order valence-electron chi connectivity index (χ4n) is 5.34. The van der Waals surface area contributed by atoms with Crippen molar-refractivity contribution < 1.29 is 4.79 Å². The van der Waals surface area contributed by atoms with Crippen molar-refractivity contribution in [3.8, 4) is 0 Å². The molecule has 5 atom stereocenters. The van der Waals surface area contributed by atoms with E-state index in [0.29, 0.717) is 28.4 Å². The van der Waals surface area contributed by atoms with Gasteiger partial charge in [0.2, 0.25) is 0 Å². The van der Waals surface area contributed by atoms with Crippen LogP contribution in [0.1, 0.15) is 53.4 Å². The number of hydrogen-bond acceptors (Lipinski definition) is 1. The molecule has 3 saturated carbocycles. The maximum Gasteiger partial charge on any atom is 0.136 e. The van der Waals surface area contributed by atoms with E-state index in [-0.39, 0.29) is 0 Å². The number of rotatable bonds is 0. The zero-order valence-electron chi connectivity index (χ0n) is 11.0. The van der Waals surface area contributed by atoms with Crippen LogP contribution in [0.5, 0.6) is 0 Å². The third-order valence-electron chi connectivity index (χ3n) is 6.47. The van der Waals surface area contributed by atoms with E-state index in [4.69, 9.17) is 0 Å². The van der Waals surface area contributed by atoms with Gasteiger partial charge in [-0.25, -0.2) is 0 Å². The van der Waals surface area contributed by atoms with E-state index in [2.05, 4.69) is 27.7 Å². The summed E-state index contributed by atoms with van der Waals surface area (Å²) in [5, 5.41) is 0. The number of carbonyl (C=O) groups excluding carboxylic acids is 1. The van der Waals surface area contributed by atoms with Gasteiger partial charge >= 0.3 is 0 Å². The largest absolute Gasteiger partial charge is 0.299 e. The Bertz CT molecular complexity index is 343. The summed E-state index contributed by atoms with van der Waals surface area (Å²) in [5.74, 6) is 3.23. The van der Waals surface area contributed by atoms with Gasteiger partial charge in [-0.3, -0.25) is 4.79 Å². The number of carbonyl (C=O) groups is 1. The van der Waals surface area contributed by atoms with E-state index >= 15 is 0 Å². The second-order valence-corrected chi connectivity index (χ2v) is 7.33. The van der Waals surface area contributed by atoms with Crippen LogP contribution in [-0.2, 0) is 4.79 Å². The van der Waals surface area contributed by atoms with E-state index in [9.17, 15) is 4.79 Å². The summed E-state index contributed by atoms with van der Waals surface area (Å²) in [7, 11) is 0. The maximum absolute atomic E-state index is 12.3. The van der Waals surface area contributed by atoms with Gasteiger partial charge < -0.3 is 0 Å². The lowest BCUT2D eigenvalue weighted by Crippen LogP contribution is -2.46. The lowest BCUT2D eigenvalue weighted by Gasteiger charge is -2.49. The standard InChI is InChI=1S/C15H24O/c1-9-6-5-7-10-12(16)8-11-13(14(11,2)3)15(9,10)4/h9-11,13H,5-8H2,1-4H3/t9-,10-,11-,13+,15+/m1/s1. The van der Waals surface area contributed by atoms with Gasteiger partial charge in [-0.1, -0.05) is 40.5 Å². The molecule has 0 bridgehead atoms. The highest BCUT2D eigenvalue weighted by molar-refractivity contribution is 5.84. The molecule has 16 heavy (non-hydrogen) atoms. The van der Waals surface area contributed by atoms with Gasteiger partial charge in [0.15, 0.2) is 0 Å². The quantitative estimate of drug-likeness (QED) is 0.608. The predicted molar refractivity (Wildman–Crippen MR) is 65.0 cm³/mol. The van der Waals surface area contributed by atoms with Crippen molar-refractivity contribution in [2.45, 2.75) is 53.4 Å². The van der Waals surface area contributed by atoms with Gasteiger partial charge in [-0.2, -0.15) is 0 Å². The second kappa shape index (κ2) is 2.91. The van der Waals surface area contributed by atoms with Crippen molar-refractivity contribution in [2.24, 2.45) is 34.5 Å². The number of hydrogen-bond donors (Lipinski definition) is 0. The molecule has 0 N–H and O–H groups in total. The van der Waals surface area contributed by atoms with Crippen LogP contribution in [0.2, 0.25) is 0 Å². The van der Waals surface area contributed by atoms with Crippen molar-refractivity contribution in [1.82, 2.24) is 0 Å². The van der Waals surface area contributed by atoms with Crippen LogP contribution in [0.15, 0.2) is 0 Å². The molecule has 3 fully saturated rings. The molecular formula is C15H24O. The molecule has 3 rings (SSSR count). The van der Waals surface area contributed by atoms with Crippen LogP contribution in [0, 0.1) is 34.5 Å². The molecule has 0 saturated heterocycles. The van der Waals surface area contributed by atoms with Crippen molar-refractivity contribution in [1.29, 1.82) is 0 Å². The molecule has 1 nitrogen and oxygen atoms in total. The van der Waals surface area contributed by atoms with E-state index < -0.39 is 0 Å². The molecule has 0 heterocycles. The lowest BCUT2D eigenvalue weighted by molar-refractivity contribution is -0.136. The molecule has 90 valence electrons. The normalized spacial score (nSPS) is 54.1. The maximum atomic E-state index is 12.3. The zero-order chi connectivity index (χ0) is 11.7. The summed E-state index contributed by atoms with van der Waals surface area (Å²) in [5.41, 5.74) is 0.756. The molecule has 0 aliphatic heterocycles. The molecule has 3 aliphatic rings. The fourth-order valence-corrected chi connectivity index (χ4v) is 5.34. The Morgan fingerprint density at radius 3 is 2.56 bits per heavy atom. The minimum atomic E-state index is 0.321. The van der Waals surface area contributed by atoms with Crippen molar-refractivity contribution in [2.75, 3.05) is 0 Å². The summed E-state index contributed by atoms with van der Waals surface area (Å²) in [6, 6.07) is 0. The molecular weight excluding hydrogens is 196 g/mol. The van der Waals surface area contributed by atoms with E-state index in [1.54, 1.807) is 0 Å². The first kappa shape index (κ1) is 10.8. The van der Waals surface area contributed by atoms with Crippen LogP contribution in [0.3, 0.4) is 0 Å². The van der Waals surface area contributed by atoms with Gasteiger partial charge in [-0.15, -0.1) is 0 Å². The third kappa shape index (κ3) is 1.05. The van der Waals surface area contributed by atoms with E-state index in [0.717, 1.165) is 18.3 Å². The first-order valence-electron chi connectivity index (χ1n) is 6.93. The fraction of sp³-hybridized carbons (Fsp3) is 0.933. The zero-order valence-corrected chi connectivity index (χ0v) is 11.0. The summed E-state index contributed by atoms with van der Waals surface area (Å²) >= 11 is 0. The van der Waals surface area contributed by atoms with Crippen LogP contribution in [-0.4, -0.2) is 5.78 Å². The summed E-state index contributed by atoms with van der Waals surface area (Å²) in [6.07, 6.45) is 4.65. The summed E-state index contributed by atoms with van der Waals surface area (Å²) in [6.45, 7) is 9.57. The summed E-state index contributed by atoms with van der Waals surface area (Å²) in [4.78, 5) is 12.3. The van der Waals surface area contributed by atoms with Crippen molar-refractivity contribution >= 4 is 5.78 Å². The van der Waals surface area contributed by atoms with Crippen LogP contribution < -0.4 is 0 Å². The molecule has 0 aromatic rings. The Morgan fingerprint density at radius 2 is 1.88 bits per heavy atom. The minimum Gasteiger partial charge on any atom is -0.299 e. The first-order chi connectivity index (χ1) is 7.40. The Labute approximate surface area is 99.0 Å². The Morgan fingerprint density at radius 1 is 1.19 bits per heavy atom. The molecule has 3 aliphatic carbocycles. The number of Topliss-reactive ketones (excluding diaryl/α,β-unsaturated/α-hetero) is 1. The highest BCUT2D eigenvalue weighted by atomic mass is 16.1. The van der Waals surface area contributed by atoms with Crippen LogP contribution in [0.25, 0.3) is 0 Å². The van der Waals surface area contributed by atoms with Crippen molar-refractivity contribution in [3.05, 3.63) is 0 Å². The van der Waals surface area contributed by atoms with E-state index in [1.165, 1.54) is 19.3 Å². The first-order valence-corrected chi connectivity index (χ1v) is 6.93. The third-order valence-corrected chi connectivity index (χ3v) is 6.47. The molecule has 0 radical (unpaired) electrons. The Hall–Kier alpha value is -0.330. The monoisotopic (exact) mass is 220 g/mol. The number of ketones is 1. The molecule has 0 amide bonds. The van der Waals surface area contributed by atoms with Gasteiger partial charge in [0, 0.05) is 12.3 Å². The molecule has 0 unspecified atom stereocenters. The molecule has 0 aromatic carbocycles. The topological polar surface area (TPSA) is 17.1 Å².